The zero-order chi connectivity index (χ0) is 18.7. The summed E-state index contributed by atoms with van der Waals surface area (Å²) >= 11 is 0. The number of aromatic hydroxyl groups is 1. The van der Waals surface area contributed by atoms with Crippen LogP contribution in [-0.4, -0.2) is 20.1 Å². The molecule has 0 aliphatic rings. The van der Waals surface area contributed by atoms with Crippen molar-refractivity contribution in [2.24, 2.45) is 5.73 Å². The molecule has 0 amide bonds. The molecule has 3 aromatic rings. The molecule has 138 valence electrons. The number of phenols is 1. The third-order valence-electron chi connectivity index (χ3n) is 5.08. The minimum atomic E-state index is -0.00584. The second-order valence-corrected chi connectivity index (χ2v) is 7.53. The Morgan fingerprint density at radius 2 is 1.73 bits per heavy atom. The van der Waals surface area contributed by atoms with E-state index in [1.807, 2.05) is 36.4 Å². The molecule has 0 saturated heterocycles. The SMILES string of the molecule is CCCCCC(C)(C)c1cc(CN)c(O)c(-n2nc3ccccc3n2)c1. The Balaban J connectivity index is 2.07. The van der Waals surface area contributed by atoms with Gasteiger partial charge in [-0.15, -0.1) is 15.0 Å². The van der Waals surface area contributed by atoms with Gasteiger partial charge in [0.25, 0.3) is 0 Å². The molecule has 0 aliphatic carbocycles. The van der Waals surface area contributed by atoms with Crippen LogP contribution in [0.1, 0.15) is 57.6 Å². The number of rotatable bonds is 7. The van der Waals surface area contributed by atoms with Crippen LogP contribution in [-0.2, 0) is 12.0 Å². The van der Waals surface area contributed by atoms with E-state index in [4.69, 9.17) is 5.73 Å². The van der Waals surface area contributed by atoms with E-state index in [0.29, 0.717) is 5.69 Å². The average molecular weight is 352 g/mol. The zero-order valence-electron chi connectivity index (χ0n) is 15.9. The summed E-state index contributed by atoms with van der Waals surface area (Å²) in [4.78, 5) is 1.52. The lowest BCUT2D eigenvalue weighted by molar-refractivity contribution is 0.441. The first-order valence-electron chi connectivity index (χ1n) is 9.35. The van der Waals surface area contributed by atoms with E-state index in [9.17, 15) is 5.11 Å². The molecule has 1 aromatic heterocycles. The summed E-state index contributed by atoms with van der Waals surface area (Å²) in [6.45, 7) is 6.98. The molecule has 0 aliphatic heterocycles. The molecule has 0 saturated carbocycles. The maximum Gasteiger partial charge on any atom is 0.147 e. The van der Waals surface area contributed by atoms with Crippen LogP contribution >= 0.6 is 0 Å². The lowest BCUT2D eigenvalue weighted by Gasteiger charge is -2.27. The van der Waals surface area contributed by atoms with Gasteiger partial charge in [-0.3, -0.25) is 0 Å². The lowest BCUT2D eigenvalue weighted by atomic mass is 9.79. The van der Waals surface area contributed by atoms with Gasteiger partial charge in [-0.05, 0) is 35.6 Å². The Labute approximate surface area is 154 Å². The first kappa shape index (κ1) is 18.4. The smallest absolute Gasteiger partial charge is 0.147 e. The molecule has 2 aromatic carbocycles. The maximum atomic E-state index is 10.7. The topological polar surface area (TPSA) is 77.0 Å². The minimum absolute atomic E-state index is 0.00584. The van der Waals surface area contributed by atoms with Crippen LogP contribution in [0.15, 0.2) is 36.4 Å². The van der Waals surface area contributed by atoms with Crippen molar-refractivity contribution in [2.45, 2.75) is 58.4 Å². The largest absolute Gasteiger partial charge is 0.505 e. The molecule has 3 rings (SSSR count). The zero-order valence-corrected chi connectivity index (χ0v) is 15.9. The summed E-state index contributed by atoms with van der Waals surface area (Å²) in [6.07, 6.45) is 4.70. The van der Waals surface area contributed by atoms with Crippen molar-refractivity contribution in [3.05, 3.63) is 47.5 Å². The molecule has 0 atom stereocenters. The Morgan fingerprint density at radius 1 is 1.08 bits per heavy atom. The first-order valence-corrected chi connectivity index (χ1v) is 9.35. The molecule has 0 bridgehead atoms. The second-order valence-electron chi connectivity index (χ2n) is 7.53. The van der Waals surface area contributed by atoms with Crippen LogP contribution in [0.4, 0.5) is 0 Å². The number of hydrogen-bond donors (Lipinski definition) is 2. The summed E-state index contributed by atoms with van der Waals surface area (Å²) in [7, 11) is 0. The number of phenolic OH excluding ortho intramolecular Hbond substituents is 1. The van der Waals surface area contributed by atoms with Crippen molar-refractivity contribution >= 4 is 11.0 Å². The van der Waals surface area contributed by atoms with Crippen LogP contribution in [0.25, 0.3) is 16.7 Å². The summed E-state index contributed by atoms with van der Waals surface area (Å²) in [5.74, 6) is 0.154. The van der Waals surface area contributed by atoms with E-state index >= 15 is 0 Å². The Bertz CT molecular complexity index is 865. The molecule has 5 nitrogen and oxygen atoms in total. The third kappa shape index (κ3) is 3.58. The standard InChI is InChI=1S/C21H28N4O/c1-4-5-8-11-21(2,3)16-12-15(14-22)20(26)19(13-16)25-23-17-9-6-7-10-18(17)24-25/h6-7,9-10,12-13,26H,4-5,8,11,14,22H2,1-3H3. The summed E-state index contributed by atoms with van der Waals surface area (Å²) in [6, 6.07) is 11.7. The van der Waals surface area contributed by atoms with Crippen molar-refractivity contribution in [1.82, 2.24) is 15.0 Å². The van der Waals surface area contributed by atoms with Gasteiger partial charge < -0.3 is 10.8 Å². The maximum absolute atomic E-state index is 10.7. The molecule has 26 heavy (non-hydrogen) atoms. The van der Waals surface area contributed by atoms with E-state index < -0.39 is 0 Å². The fraction of sp³-hybridized carbons (Fsp3) is 0.429. The first-order chi connectivity index (χ1) is 12.5. The average Bonchev–Trinajstić information content (AvgIpc) is 3.05. The van der Waals surface area contributed by atoms with Gasteiger partial charge >= 0.3 is 0 Å². The number of fused-ring (bicyclic) bond motifs is 1. The van der Waals surface area contributed by atoms with E-state index in [1.165, 1.54) is 24.1 Å². The van der Waals surface area contributed by atoms with Crippen LogP contribution in [0, 0.1) is 0 Å². The molecule has 0 radical (unpaired) electrons. The van der Waals surface area contributed by atoms with E-state index in [-0.39, 0.29) is 17.7 Å². The number of benzene rings is 2. The quantitative estimate of drug-likeness (QED) is 0.616. The highest BCUT2D eigenvalue weighted by Crippen LogP contribution is 2.36. The van der Waals surface area contributed by atoms with Gasteiger partial charge in [-0.2, -0.15) is 0 Å². The summed E-state index contributed by atoms with van der Waals surface area (Å²) in [5, 5.41) is 19.7. The highest BCUT2D eigenvalue weighted by molar-refractivity contribution is 5.73. The van der Waals surface area contributed by atoms with Crippen molar-refractivity contribution in [1.29, 1.82) is 0 Å². The van der Waals surface area contributed by atoms with Crippen molar-refractivity contribution in [3.8, 4) is 11.4 Å². The molecule has 5 heteroatoms. The van der Waals surface area contributed by atoms with E-state index in [1.54, 1.807) is 0 Å². The fourth-order valence-electron chi connectivity index (χ4n) is 3.31. The van der Waals surface area contributed by atoms with Crippen molar-refractivity contribution in [2.75, 3.05) is 0 Å². The molecule has 3 N–H and O–H groups in total. The normalized spacial score (nSPS) is 12.0. The van der Waals surface area contributed by atoms with Gasteiger partial charge in [0.15, 0.2) is 0 Å². The monoisotopic (exact) mass is 352 g/mol. The summed E-state index contributed by atoms with van der Waals surface area (Å²) in [5.41, 5.74) is 9.96. The number of nitrogens with two attached hydrogens (primary N) is 1. The van der Waals surface area contributed by atoms with E-state index in [2.05, 4.69) is 31.0 Å². The van der Waals surface area contributed by atoms with Gasteiger partial charge in [0.2, 0.25) is 0 Å². The number of nitrogens with zero attached hydrogens (tertiary/aromatic N) is 3. The number of unbranched alkanes of at least 4 members (excludes halogenated alkanes) is 2. The highest BCUT2D eigenvalue weighted by Gasteiger charge is 2.24. The van der Waals surface area contributed by atoms with Crippen molar-refractivity contribution < 1.29 is 5.11 Å². The Kier molecular flexibility index (Phi) is 5.28. The van der Waals surface area contributed by atoms with Gasteiger partial charge in [0.05, 0.1) is 0 Å². The van der Waals surface area contributed by atoms with Gasteiger partial charge in [-0.25, -0.2) is 0 Å². The van der Waals surface area contributed by atoms with Crippen LogP contribution < -0.4 is 5.73 Å². The van der Waals surface area contributed by atoms with E-state index in [0.717, 1.165) is 28.6 Å². The Hall–Kier alpha value is -2.40. The van der Waals surface area contributed by atoms with Gasteiger partial charge in [-0.1, -0.05) is 58.2 Å². The highest BCUT2D eigenvalue weighted by atomic mass is 16.3. The van der Waals surface area contributed by atoms with Gasteiger partial charge in [0, 0.05) is 12.1 Å². The summed E-state index contributed by atoms with van der Waals surface area (Å²) < 4.78 is 0. The second kappa shape index (κ2) is 7.46. The number of aromatic nitrogens is 3. The van der Waals surface area contributed by atoms with Crippen molar-refractivity contribution in [3.63, 3.8) is 0 Å². The third-order valence-corrected chi connectivity index (χ3v) is 5.08. The molecular formula is C21H28N4O. The fourth-order valence-corrected chi connectivity index (χ4v) is 3.31. The molecule has 0 spiro atoms. The molecule has 1 heterocycles. The lowest BCUT2D eigenvalue weighted by Crippen LogP contribution is -2.19. The van der Waals surface area contributed by atoms with Crippen LogP contribution in [0.3, 0.4) is 0 Å². The molecular weight excluding hydrogens is 324 g/mol. The number of hydrogen-bond acceptors (Lipinski definition) is 4. The molecule has 0 fully saturated rings. The van der Waals surface area contributed by atoms with Crippen LogP contribution in [0.2, 0.25) is 0 Å². The minimum Gasteiger partial charge on any atom is -0.505 e. The predicted octanol–water partition coefficient (Wildman–Crippen LogP) is 4.44. The molecule has 0 unspecified atom stereocenters. The van der Waals surface area contributed by atoms with Crippen LogP contribution in [0.5, 0.6) is 5.75 Å². The van der Waals surface area contributed by atoms with Gasteiger partial charge in [0.1, 0.15) is 22.5 Å². The predicted molar refractivity (Wildman–Crippen MR) is 106 cm³/mol. The Morgan fingerprint density at radius 3 is 2.31 bits per heavy atom.